The minimum atomic E-state index is -0.476. The van der Waals surface area contributed by atoms with Crippen LogP contribution >= 0.6 is 0 Å². The lowest BCUT2D eigenvalue weighted by molar-refractivity contribution is 0.0972. The topological polar surface area (TPSA) is 82.1 Å². The molecule has 0 bridgehead atoms. The van der Waals surface area contributed by atoms with Crippen LogP contribution in [0.2, 0.25) is 0 Å². The summed E-state index contributed by atoms with van der Waals surface area (Å²) < 4.78 is 15.5. The maximum atomic E-state index is 13.0. The van der Waals surface area contributed by atoms with Gasteiger partial charge in [0.05, 0.1) is 32.5 Å². The molecule has 0 aromatic heterocycles. The fourth-order valence-electron chi connectivity index (χ4n) is 2.99. The van der Waals surface area contributed by atoms with Crippen molar-refractivity contribution in [3.05, 3.63) is 46.0 Å². The van der Waals surface area contributed by atoms with Crippen LogP contribution in [0.1, 0.15) is 37.4 Å². The zero-order valence-corrected chi connectivity index (χ0v) is 13.7. The van der Waals surface area contributed by atoms with Crippen molar-refractivity contribution in [2.75, 3.05) is 21.3 Å². The van der Waals surface area contributed by atoms with Crippen molar-refractivity contribution in [1.29, 1.82) is 0 Å². The summed E-state index contributed by atoms with van der Waals surface area (Å²) in [6, 6.07) is 4.54. The van der Waals surface area contributed by atoms with E-state index < -0.39 is 5.78 Å². The molecule has 2 aromatic carbocycles. The molecule has 3 rings (SSSR count). The van der Waals surface area contributed by atoms with E-state index in [-0.39, 0.29) is 45.3 Å². The van der Waals surface area contributed by atoms with Gasteiger partial charge < -0.3 is 19.3 Å². The molecular formula is C18H16O6. The van der Waals surface area contributed by atoms with Crippen LogP contribution in [0, 0.1) is 6.92 Å². The Hall–Kier alpha value is -3.02. The number of hydrogen-bond acceptors (Lipinski definition) is 6. The summed E-state index contributed by atoms with van der Waals surface area (Å²) in [5, 5.41) is 10.4. The first-order valence-corrected chi connectivity index (χ1v) is 7.20. The first-order chi connectivity index (χ1) is 11.4. The first-order valence-electron chi connectivity index (χ1n) is 7.20. The van der Waals surface area contributed by atoms with Gasteiger partial charge in [0.25, 0.3) is 0 Å². The smallest absolute Gasteiger partial charge is 0.198 e. The molecule has 0 aliphatic heterocycles. The Morgan fingerprint density at radius 2 is 1.46 bits per heavy atom. The lowest BCUT2D eigenvalue weighted by atomic mass is 9.80. The van der Waals surface area contributed by atoms with E-state index in [1.807, 2.05) is 0 Å². The third-order valence-electron chi connectivity index (χ3n) is 4.14. The third-order valence-corrected chi connectivity index (χ3v) is 4.14. The van der Waals surface area contributed by atoms with Crippen molar-refractivity contribution >= 4 is 11.6 Å². The molecule has 0 unspecified atom stereocenters. The number of hydrogen-bond donors (Lipinski definition) is 1. The fraction of sp³-hybridized carbons (Fsp3) is 0.222. The highest BCUT2D eigenvalue weighted by atomic mass is 16.5. The van der Waals surface area contributed by atoms with Gasteiger partial charge in [0, 0.05) is 17.2 Å². The zero-order valence-electron chi connectivity index (χ0n) is 13.7. The van der Waals surface area contributed by atoms with Gasteiger partial charge in [-0.2, -0.15) is 0 Å². The van der Waals surface area contributed by atoms with Crippen LogP contribution in [0.5, 0.6) is 23.0 Å². The second-order valence-electron chi connectivity index (χ2n) is 5.40. The molecule has 1 N–H and O–H groups in total. The number of methoxy groups -OCH3 is 3. The highest BCUT2D eigenvalue weighted by molar-refractivity contribution is 6.31. The predicted molar refractivity (Wildman–Crippen MR) is 85.8 cm³/mol. The van der Waals surface area contributed by atoms with Crippen molar-refractivity contribution in [2.45, 2.75) is 6.92 Å². The summed E-state index contributed by atoms with van der Waals surface area (Å²) in [5.41, 5.74) is 0.950. The number of fused-ring (bicyclic) bond motifs is 2. The first kappa shape index (κ1) is 15.9. The Bertz CT molecular complexity index is 882. The van der Waals surface area contributed by atoms with Gasteiger partial charge in [-0.3, -0.25) is 9.59 Å². The molecule has 1 aliphatic rings. The molecule has 0 saturated carbocycles. The van der Waals surface area contributed by atoms with E-state index in [0.717, 1.165) is 0 Å². The number of aryl methyl sites for hydroxylation is 1. The number of ketones is 2. The Labute approximate surface area is 138 Å². The van der Waals surface area contributed by atoms with Crippen LogP contribution < -0.4 is 14.2 Å². The van der Waals surface area contributed by atoms with Crippen LogP contribution in [0.3, 0.4) is 0 Å². The highest BCUT2D eigenvalue weighted by Crippen LogP contribution is 2.43. The van der Waals surface area contributed by atoms with Gasteiger partial charge in [-0.15, -0.1) is 0 Å². The summed E-state index contributed by atoms with van der Waals surface area (Å²) >= 11 is 0. The van der Waals surface area contributed by atoms with Crippen molar-refractivity contribution in [1.82, 2.24) is 0 Å². The van der Waals surface area contributed by atoms with E-state index in [9.17, 15) is 14.7 Å². The van der Waals surface area contributed by atoms with Crippen molar-refractivity contribution in [3.63, 3.8) is 0 Å². The molecule has 0 heterocycles. The van der Waals surface area contributed by atoms with Crippen LogP contribution in [0.4, 0.5) is 0 Å². The molecule has 2 aromatic rings. The minimum absolute atomic E-state index is 0.0559. The Morgan fingerprint density at radius 1 is 0.792 bits per heavy atom. The molecule has 124 valence electrons. The highest BCUT2D eigenvalue weighted by Gasteiger charge is 2.37. The normalized spacial score (nSPS) is 12.5. The standard InChI is InChI=1S/C18H16O6/c1-8-5-12(24-4)17(20)15-13(8)18(21)14-10(16(15)19)6-9(22-2)7-11(14)23-3/h5-7,20H,1-4H3. The molecule has 0 atom stereocenters. The number of carbonyl (C=O) groups is 2. The van der Waals surface area contributed by atoms with E-state index in [1.54, 1.807) is 13.0 Å². The number of rotatable bonds is 3. The number of phenols is 1. The minimum Gasteiger partial charge on any atom is -0.504 e. The van der Waals surface area contributed by atoms with Gasteiger partial charge in [-0.1, -0.05) is 0 Å². The molecule has 6 nitrogen and oxygen atoms in total. The molecule has 0 amide bonds. The summed E-state index contributed by atoms with van der Waals surface area (Å²) in [4.78, 5) is 25.9. The summed E-state index contributed by atoms with van der Waals surface area (Å²) in [6.07, 6.45) is 0. The van der Waals surface area contributed by atoms with Gasteiger partial charge >= 0.3 is 0 Å². The quantitative estimate of drug-likeness (QED) is 0.795. The molecule has 0 spiro atoms. The molecule has 6 heteroatoms. The van der Waals surface area contributed by atoms with Crippen molar-refractivity contribution < 1.29 is 28.9 Å². The fourth-order valence-corrected chi connectivity index (χ4v) is 2.99. The van der Waals surface area contributed by atoms with E-state index in [2.05, 4.69) is 0 Å². The molecule has 24 heavy (non-hydrogen) atoms. The molecule has 0 radical (unpaired) electrons. The maximum Gasteiger partial charge on any atom is 0.198 e. The van der Waals surface area contributed by atoms with Crippen LogP contribution in [-0.4, -0.2) is 38.0 Å². The molecule has 1 aliphatic carbocycles. The van der Waals surface area contributed by atoms with Crippen molar-refractivity contribution in [3.8, 4) is 23.0 Å². The monoisotopic (exact) mass is 328 g/mol. The van der Waals surface area contributed by atoms with Gasteiger partial charge in [-0.25, -0.2) is 0 Å². The number of phenolic OH excluding ortho intramolecular Hbond substituents is 1. The largest absolute Gasteiger partial charge is 0.504 e. The molecular weight excluding hydrogens is 312 g/mol. The number of benzene rings is 2. The van der Waals surface area contributed by atoms with Crippen LogP contribution in [0.15, 0.2) is 18.2 Å². The average Bonchev–Trinajstić information content (AvgIpc) is 2.59. The van der Waals surface area contributed by atoms with Gasteiger partial charge in [0.1, 0.15) is 11.5 Å². The van der Waals surface area contributed by atoms with Gasteiger partial charge in [0.2, 0.25) is 0 Å². The second kappa shape index (κ2) is 5.56. The summed E-state index contributed by atoms with van der Waals surface area (Å²) in [7, 11) is 4.26. The number of aromatic hydroxyl groups is 1. The SMILES string of the molecule is COc1cc(OC)c2c(c1)C(=O)c1c(O)c(OC)cc(C)c1C2=O. The average molecular weight is 328 g/mol. The molecule has 0 fully saturated rings. The van der Waals surface area contributed by atoms with Crippen LogP contribution in [-0.2, 0) is 0 Å². The van der Waals surface area contributed by atoms with Gasteiger partial charge in [0.15, 0.2) is 23.1 Å². The Kier molecular flexibility index (Phi) is 3.67. The summed E-state index contributed by atoms with van der Waals surface area (Å²) in [6.45, 7) is 1.69. The summed E-state index contributed by atoms with van der Waals surface area (Å²) in [5.74, 6) is -0.419. The Balaban J connectivity index is 2.38. The van der Waals surface area contributed by atoms with E-state index in [4.69, 9.17) is 14.2 Å². The lowest BCUT2D eigenvalue weighted by Gasteiger charge is -2.23. The molecule has 0 saturated heterocycles. The maximum absolute atomic E-state index is 13.0. The lowest BCUT2D eigenvalue weighted by Crippen LogP contribution is -2.23. The van der Waals surface area contributed by atoms with Crippen LogP contribution in [0.25, 0.3) is 0 Å². The van der Waals surface area contributed by atoms with E-state index in [1.165, 1.54) is 33.5 Å². The van der Waals surface area contributed by atoms with Gasteiger partial charge in [-0.05, 0) is 24.6 Å². The third kappa shape index (κ3) is 2.03. The zero-order chi connectivity index (χ0) is 17.6. The number of carbonyl (C=O) groups excluding carboxylic acids is 2. The predicted octanol–water partition coefficient (Wildman–Crippen LogP) is 2.50. The second-order valence-corrected chi connectivity index (χ2v) is 5.40. The Morgan fingerprint density at radius 3 is 2.04 bits per heavy atom. The van der Waals surface area contributed by atoms with E-state index >= 15 is 0 Å². The van der Waals surface area contributed by atoms with Crippen molar-refractivity contribution in [2.24, 2.45) is 0 Å². The number of ether oxygens (including phenoxy) is 3. The van der Waals surface area contributed by atoms with E-state index in [0.29, 0.717) is 11.3 Å².